The number of esters is 1. The highest BCUT2D eigenvalue weighted by atomic mass is 127. The van der Waals surface area contributed by atoms with Gasteiger partial charge in [0.2, 0.25) is 0 Å². The maximum atomic E-state index is 11.8. The van der Waals surface area contributed by atoms with Crippen LogP contribution in [0.4, 0.5) is 0 Å². The molecule has 0 aliphatic rings. The van der Waals surface area contributed by atoms with Crippen LogP contribution in [0.5, 0.6) is 0 Å². The van der Waals surface area contributed by atoms with Crippen molar-refractivity contribution in [3.63, 3.8) is 0 Å². The zero-order valence-electron chi connectivity index (χ0n) is 9.25. The van der Waals surface area contributed by atoms with Crippen molar-refractivity contribution in [2.75, 3.05) is 6.61 Å². The maximum absolute atomic E-state index is 11.8. The van der Waals surface area contributed by atoms with E-state index in [-0.39, 0.29) is 12.2 Å². The van der Waals surface area contributed by atoms with Crippen LogP contribution in [0, 0.1) is 10.5 Å². The van der Waals surface area contributed by atoms with Crippen molar-refractivity contribution >= 4 is 34.3 Å². The predicted octanol–water partition coefficient (Wildman–Crippen LogP) is 2.74. The van der Waals surface area contributed by atoms with Gasteiger partial charge in [-0.1, -0.05) is 6.07 Å². The Hall–Kier alpha value is -0.910. The first-order valence-electron chi connectivity index (χ1n) is 4.99. The van der Waals surface area contributed by atoms with Gasteiger partial charge in [-0.25, -0.2) is 0 Å². The first-order valence-corrected chi connectivity index (χ1v) is 6.07. The molecule has 0 fully saturated rings. The third-order valence-electron chi connectivity index (χ3n) is 2.11. The number of Topliss-reactive ketones (excluding diaryl/α,β-unsaturated/α-hetero) is 1. The number of hydrogen-bond donors (Lipinski definition) is 0. The van der Waals surface area contributed by atoms with E-state index in [2.05, 4.69) is 22.6 Å². The monoisotopic (exact) mass is 332 g/mol. The van der Waals surface area contributed by atoms with Gasteiger partial charge in [-0.2, -0.15) is 0 Å². The van der Waals surface area contributed by atoms with Crippen molar-refractivity contribution in [3.05, 3.63) is 32.9 Å². The number of aryl methyl sites for hydroxylation is 1. The van der Waals surface area contributed by atoms with E-state index < -0.39 is 5.97 Å². The Balaban J connectivity index is 2.80. The van der Waals surface area contributed by atoms with Gasteiger partial charge >= 0.3 is 5.97 Å². The number of carbonyl (C=O) groups is 2. The largest absolute Gasteiger partial charge is 0.466 e. The Morgan fingerprint density at radius 1 is 1.38 bits per heavy atom. The Labute approximate surface area is 108 Å². The zero-order chi connectivity index (χ0) is 12.1. The van der Waals surface area contributed by atoms with Gasteiger partial charge in [0.25, 0.3) is 0 Å². The Morgan fingerprint density at radius 2 is 2.06 bits per heavy atom. The highest BCUT2D eigenvalue weighted by Crippen LogP contribution is 2.15. The van der Waals surface area contributed by atoms with E-state index in [1.165, 1.54) is 0 Å². The third kappa shape index (κ3) is 3.59. The molecule has 0 N–H and O–H groups in total. The average Bonchev–Trinajstić information content (AvgIpc) is 2.21. The normalized spacial score (nSPS) is 9.94. The quantitative estimate of drug-likeness (QED) is 0.369. The molecule has 0 radical (unpaired) electrons. The van der Waals surface area contributed by atoms with Crippen LogP contribution < -0.4 is 0 Å². The molecule has 0 amide bonds. The van der Waals surface area contributed by atoms with E-state index >= 15 is 0 Å². The molecule has 0 atom stereocenters. The SMILES string of the molecule is CCOC(=O)CC(=O)c1cc(I)ccc1C. The van der Waals surface area contributed by atoms with Crippen LogP contribution in [0.15, 0.2) is 18.2 Å². The Bertz CT molecular complexity index is 413. The third-order valence-corrected chi connectivity index (χ3v) is 2.78. The van der Waals surface area contributed by atoms with Gasteiger partial charge in [0, 0.05) is 9.13 Å². The first kappa shape index (κ1) is 13.2. The Morgan fingerprint density at radius 3 is 2.69 bits per heavy atom. The number of hydrogen-bond acceptors (Lipinski definition) is 3. The van der Waals surface area contributed by atoms with E-state index in [4.69, 9.17) is 4.74 Å². The van der Waals surface area contributed by atoms with Gasteiger partial charge < -0.3 is 4.74 Å². The molecule has 0 spiro atoms. The summed E-state index contributed by atoms with van der Waals surface area (Å²) in [6.07, 6.45) is -0.186. The summed E-state index contributed by atoms with van der Waals surface area (Å²) >= 11 is 2.14. The van der Waals surface area contributed by atoms with Crippen LogP contribution in [0.2, 0.25) is 0 Å². The second-order valence-electron chi connectivity index (χ2n) is 3.36. The molecule has 0 aliphatic carbocycles. The van der Waals surface area contributed by atoms with Crippen LogP contribution in [0.3, 0.4) is 0 Å². The van der Waals surface area contributed by atoms with Crippen molar-refractivity contribution < 1.29 is 14.3 Å². The van der Waals surface area contributed by atoms with Crippen molar-refractivity contribution in [1.82, 2.24) is 0 Å². The molecule has 0 unspecified atom stereocenters. The summed E-state index contributed by atoms with van der Waals surface area (Å²) in [5.41, 5.74) is 1.48. The van der Waals surface area contributed by atoms with Gasteiger partial charge in [-0.3, -0.25) is 9.59 Å². The van der Waals surface area contributed by atoms with Gasteiger partial charge in [-0.05, 0) is 54.1 Å². The molecule has 4 heteroatoms. The molecule has 1 rings (SSSR count). The van der Waals surface area contributed by atoms with E-state index in [0.29, 0.717) is 12.2 Å². The average molecular weight is 332 g/mol. The lowest BCUT2D eigenvalue weighted by Crippen LogP contribution is -2.12. The summed E-state index contributed by atoms with van der Waals surface area (Å²) < 4.78 is 5.72. The van der Waals surface area contributed by atoms with Crippen LogP contribution >= 0.6 is 22.6 Å². The summed E-state index contributed by atoms with van der Waals surface area (Å²) in [5, 5.41) is 0. The molecule has 3 nitrogen and oxygen atoms in total. The summed E-state index contributed by atoms with van der Waals surface area (Å²) in [6.45, 7) is 3.88. The molecule has 0 aliphatic heterocycles. The number of halogens is 1. The molecule has 0 saturated heterocycles. The second kappa shape index (κ2) is 5.98. The lowest BCUT2D eigenvalue weighted by Gasteiger charge is -2.05. The molecule has 1 aromatic carbocycles. The molecule has 16 heavy (non-hydrogen) atoms. The first-order chi connectivity index (χ1) is 7.54. The van der Waals surface area contributed by atoms with Gasteiger partial charge in [-0.15, -0.1) is 0 Å². The summed E-state index contributed by atoms with van der Waals surface area (Å²) in [6, 6.07) is 5.59. The fourth-order valence-electron chi connectivity index (χ4n) is 1.33. The van der Waals surface area contributed by atoms with E-state index in [9.17, 15) is 9.59 Å². The molecular weight excluding hydrogens is 319 g/mol. The van der Waals surface area contributed by atoms with Gasteiger partial charge in [0.05, 0.1) is 6.61 Å². The lowest BCUT2D eigenvalue weighted by molar-refractivity contribution is -0.141. The number of ether oxygens (including phenoxy) is 1. The smallest absolute Gasteiger partial charge is 0.313 e. The molecule has 0 bridgehead atoms. The molecule has 86 valence electrons. The van der Waals surface area contributed by atoms with Crippen molar-refractivity contribution in [2.24, 2.45) is 0 Å². The molecule has 0 saturated carbocycles. The topological polar surface area (TPSA) is 43.4 Å². The summed E-state index contributed by atoms with van der Waals surface area (Å²) in [5.74, 6) is -0.653. The minimum absolute atomic E-state index is 0.186. The highest BCUT2D eigenvalue weighted by Gasteiger charge is 2.14. The van der Waals surface area contributed by atoms with Crippen LogP contribution in [-0.2, 0) is 9.53 Å². The van der Waals surface area contributed by atoms with Crippen molar-refractivity contribution in [2.45, 2.75) is 20.3 Å². The van der Waals surface area contributed by atoms with E-state index in [1.807, 2.05) is 19.1 Å². The molecule has 0 aromatic heterocycles. The van der Waals surface area contributed by atoms with Gasteiger partial charge in [0.15, 0.2) is 5.78 Å². The summed E-state index contributed by atoms with van der Waals surface area (Å²) in [4.78, 5) is 23.0. The minimum atomic E-state index is -0.467. The fraction of sp³-hybridized carbons (Fsp3) is 0.333. The minimum Gasteiger partial charge on any atom is -0.466 e. The van der Waals surface area contributed by atoms with Crippen LogP contribution in [-0.4, -0.2) is 18.4 Å². The van der Waals surface area contributed by atoms with Gasteiger partial charge in [0.1, 0.15) is 6.42 Å². The maximum Gasteiger partial charge on any atom is 0.313 e. The summed E-state index contributed by atoms with van der Waals surface area (Å²) in [7, 11) is 0. The number of ketones is 1. The lowest BCUT2D eigenvalue weighted by atomic mass is 10.0. The Kier molecular flexibility index (Phi) is 4.92. The standard InChI is InChI=1S/C12H13IO3/c1-3-16-12(15)7-11(14)10-6-9(13)5-4-8(10)2/h4-6H,3,7H2,1-2H3. The van der Waals surface area contributed by atoms with E-state index in [1.54, 1.807) is 13.0 Å². The predicted molar refractivity (Wildman–Crippen MR) is 69.5 cm³/mol. The number of carbonyl (C=O) groups excluding carboxylic acids is 2. The molecule has 0 heterocycles. The molecular formula is C12H13IO3. The highest BCUT2D eigenvalue weighted by molar-refractivity contribution is 14.1. The van der Waals surface area contributed by atoms with Crippen molar-refractivity contribution in [3.8, 4) is 0 Å². The fourth-order valence-corrected chi connectivity index (χ4v) is 1.82. The zero-order valence-corrected chi connectivity index (χ0v) is 11.4. The number of benzene rings is 1. The molecule has 1 aromatic rings. The number of rotatable bonds is 4. The van der Waals surface area contributed by atoms with Crippen LogP contribution in [0.25, 0.3) is 0 Å². The van der Waals surface area contributed by atoms with Crippen molar-refractivity contribution in [1.29, 1.82) is 0 Å². The van der Waals surface area contributed by atoms with E-state index in [0.717, 1.165) is 9.13 Å². The second-order valence-corrected chi connectivity index (χ2v) is 4.61. The van der Waals surface area contributed by atoms with Crippen LogP contribution in [0.1, 0.15) is 29.3 Å².